The fourth-order valence-electron chi connectivity index (χ4n) is 3.51. The summed E-state index contributed by atoms with van der Waals surface area (Å²) in [7, 11) is 0. The normalized spacial score (nSPS) is 16.5. The van der Waals surface area contributed by atoms with Gasteiger partial charge < -0.3 is 15.2 Å². The number of fused-ring (bicyclic) bond motifs is 1. The van der Waals surface area contributed by atoms with Crippen LogP contribution in [0.3, 0.4) is 0 Å². The third-order valence-electron chi connectivity index (χ3n) is 5.22. The summed E-state index contributed by atoms with van der Waals surface area (Å²) in [5.74, 6) is -1.89. The first-order chi connectivity index (χ1) is 14.4. The zero-order valence-electron chi connectivity index (χ0n) is 17.1. The molecule has 7 nitrogen and oxygen atoms in total. The van der Waals surface area contributed by atoms with E-state index in [4.69, 9.17) is 4.74 Å². The van der Waals surface area contributed by atoms with Gasteiger partial charge in [0.15, 0.2) is 0 Å². The number of carbonyl (C=O) groups is 3. The van der Waals surface area contributed by atoms with Gasteiger partial charge in [-0.15, -0.1) is 0 Å². The summed E-state index contributed by atoms with van der Waals surface area (Å²) in [6.45, 7) is 3.76. The molecule has 0 unspecified atom stereocenters. The van der Waals surface area contributed by atoms with Crippen LogP contribution < -0.4 is 5.32 Å². The number of nitrogens with one attached hydrogen (secondary N) is 1. The van der Waals surface area contributed by atoms with Crippen LogP contribution in [0, 0.1) is 5.92 Å². The van der Waals surface area contributed by atoms with E-state index in [1.54, 1.807) is 13.8 Å². The molecule has 7 heteroatoms. The number of ether oxygens (including phenoxy) is 1. The topological polar surface area (TPSA) is 95.9 Å². The van der Waals surface area contributed by atoms with Crippen molar-refractivity contribution in [3.8, 4) is 0 Å². The van der Waals surface area contributed by atoms with Crippen molar-refractivity contribution in [2.75, 3.05) is 0 Å². The summed E-state index contributed by atoms with van der Waals surface area (Å²) < 4.78 is 5.45. The molecule has 0 saturated heterocycles. The van der Waals surface area contributed by atoms with Gasteiger partial charge in [0.05, 0.1) is 6.54 Å². The number of carboxylic acids is 1. The number of nitrogens with zero attached hydrogens (tertiary/aromatic N) is 1. The molecule has 2 aromatic carbocycles. The predicted octanol–water partition coefficient (Wildman–Crippen LogP) is 2.98. The number of amides is 2. The van der Waals surface area contributed by atoms with Crippen LogP contribution in [0.1, 0.15) is 30.5 Å². The van der Waals surface area contributed by atoms with E-state index in [0.29, 0.717) is 6.42 Å². The highest BCUT2D eigenvalue weighted by Gasteiger charge is 2.37. The minimum atomic E-state index is -1.10. The van der Waals surface area contributed by atoms with Crippen molar-refractivity contribution in [3.63, 3.8) is 0 Å². The van der Waals surface area contributed by atoms with E-state index in [1.165, 1.54) is 4.90 Å². The monoisotopic (exact) mass is 410 g/mol. The van der Waals surface area contributed by atoms with Crippen LogP contribution in [0.5, 0.6) is 0 Å². The molecule has 2 N–H and O–H groups in total. The molecular formula is C23H26N2O5. The van der Waals surface area contributed by atoms with Crippen LogP contribution in [0.2, 0.25) is 0 Å². The highest BCUT2D eigenvalue weighted by Crippen LogP contribution is 2.25. The van der Waals surface area contributed by atoms with E-state index >= 15 is 0 Å². The van der Waals surface area contributed by atoms with E-state index in [0.717, 1.165) is 16.7 Å². The second-order valence-electron chi connectivity index (χ2n) is 7.73. The second-order valence-corrected chi connectivity index (χ2v) is 7.73. The Balaban J connectivity index is 1.79. The maximum absolute atomic E-state index is 13.0. The van der Waals surface area contributed by atoms with Crippen molar-refractivity contribution in [3.05, 3.63) is 71.3 Å². The van der Waals surface area contributed by atoms with Crippen LogP contribution in [0.4, 0.5) is 4.79 Å². The van der Waals surface area contributed by atoms with Crippen LogP contribution in [0.15, 0.2) is 54.6 Å². The molecule has 1 aliphatic rings. The van der Waals surface area contributed by atoms with Gasteiger partial charge in [-0.25, -0.2) is 9.59 Å². The van der Waals surface area contributed by atoms with Crippen LogP contribution in [-0.4, -0.2) is 40.1 Å². The van der Waals surface area contributed by atoms with Crippen molar-refractivity contribution in [2.45, 2.75) is 45.5 Å². The first kappa shape index (κ1) is 21.4. The molecule has 0 radical (unpaired) electrons. The first-order valence-electron chi connectivity index (χ1n) is 9.94. The summed E-state index contributed by atoms with van der Waals surface area (Å²) in [6.07, 6.45) is -0.308. The van der Waals surface area contributed by atoms with E-state index in [-0.39, 0.29) is 19.1 Å². The molecule has 3 rings (SSSR count). The lowest BCUT2D eigenvalue weighted by molar-refractivity contribution is -0.144. The van der Waals surface area contributed by atoms with Crippen molar-refractivity contribution < 1.29 is 24.2 Å². The van der Waals surface area contributed by atoms with Gasteiger partial charge in [0, 0.05) is 6.42 Å². The minimum absolute atomic E-state index is 0.0932. The molecule has 1 heterocycles. The SMILES string of the molecule is CC(C)[C@H](NC(=O)[C@@H]1Cc2ccccc2CN1C(=O)OCc1ccccc1)C(=O)O. The average molecular weight is 410 g/mol. The summed E-state index contributed by atoms with van der Waals surface area (Å²) in [5.41, 5.74) is 2.74. The molecule has 0 saturated carbocycles. The third-order valence-corrected chi connectivity index (χ3v) is 5.22. The summed E-state index contributed by atoms with van der Waals surface area (Å²) >= 11 is 0. The molecule has 1 aliphatic heterocycles. The number of carboxylic acid groups (broad SMARTS) is 1. The standard InChI is InChI=1S/C23H26N2O5/c1-15(2)20(22(27)28)24-21(26)19-12-17-10-6-7-11-18(17)13-25(19)23(29)30-14-16-8-4-3-5-9-16/h3-11,15,19-20H,12-14H2,1-2H3,(H,24,26)(H,27,28)/t19-,20-/m0/s1. The molecule has 2 amide bonds. The van der Waals surface area contributed by atoms with E-state index < -0.39 is 30.1 Å². The van der Waals surface area contributed by atoms with Gasteiger partial charge in [0.25, 0.3) is 0 Å². The molecule has 0 aromatic heterocycles. The summed E-state index contributed by atoms with van der Waals surface area (Å²) in [5, 5.41) is 12.0. The van der Waals surface area contributed by atoms with Gasteiger partial charge >= 0.3 is 12.1 Å². The molecule has 0 bridgehead atoms. The number of hydrogen-bond donors (Lipinski definition) is 2. The van der Waals surface area contributed by atoms with E-state index in [1.807, 2.05) is 54.6 Å². The lowest BCUT2D eigenvalue weighted by Gasteiger charge is -2.36. The Bertz CT molecular complexity index is 913. The van der Waals surface area contributed by atoms with Crippen molar-refractivity contribution in [1.82, 2.24) is 10.2 Å². The zero-order chi connectivity index (χ0) is 21.7. The second kappa shape index (κ2) is 9.43. The fourth-order valence-corrected chi connectivity index (χ4v) is 3.51. The van der Waals surface area contributed by atoms with E-state index in [9.17, 15) is 19.5 Å². The van der Waals surface area contributed by atoms with Gasteiger partial charge in [-0.3, -0.25) is 9.69 Å². The molecular weight excluding hydrogens is 384 g/mol. The Labute approximate surface area is 175 Å². The van der Waals surface area contributed by atoms with Gasteiger partial charge in [0.2, 0.25) is 5.91 Å². The van der Waals surface area contributed by atoms with Crippen molar-refractivity contribution in [2.24, 2.45) is 5.92 Å². The van der Waals surface area contributed by atoms with E-state index in [2.05, 4.69) is 5.32 Å². The number of benzene rings is 2. The van der Waals surface area contributed by atoms with Crippen molar-refractivity contribution in [1.29, 1.82) is 0 Å². The van der Waals surface area contributed by atoms with Gasteiger partial charge in [0.1, 0.15) is 18.7 Å². The molecule has 158 valence electrons. The number of hydrogen-bond acceptors (Lipinski definition) is 4. The Hall–Kier alpha value is -3.35. The number of carbonyl (C=O) groups excluding carboxylic acids is 2. The molecule has 30 heavy (non-hydrogen) atoms. The highest BCUT2D eigenvalue weighted by molar-refractivity contribution is 5.90. The lowest BCUT2D eigenvalue weighted by Crippen LogP contribution is -2.56. The largest absolute Gasteiger partial charge is 0.480 e. The Kier molecular flexibility index (Phi) is 6.72. The van der Waals surface area contributed by atoms with Gasteiger partial charge in [-0.05, 0) is 22.6 Å². The molecule has 0 aliphatic carbocycles. The Morgan fingerprint density at radius 2 is 1.70 bits per heavy atom. The van der Waals surface area contributed by atoms with Gasteiger partial charge in [-0.2, -0.15) is 0 Å². The number of aliphatic carboxylic acids is 1. The maximum Gasteiger partial charge on any atom is 0.411 e. The highest BCUT2D eigenvalue weighted by atomic mass is 16.6. The maximum atomic E-state index is 13.0. The van der Waals surface area contributed by atoms with Crippen LogP contribution >= 0.6 is 0 Å². The Morgan fingerprint density at radius 3 is 2.33 bits per heavy atom. The molecule has 2 atom stereocenters. The zero-order valence-corrected chi connectivity index (χ0v) is 17.1. The average Bonchev–Trinajstić information content (AvgIpc) is 2.75. The molecule has 0 fully saturated rings. The third kappa shape index (κ3) is 4.97. The molecule has 0 spiro atoms. The quantitative estimate of drug-likeness (QED) is 0.763. The van der Waals surface area contributed by atoms with Crippen LogP contribution in [0.25, 0.3) is 0 Å². The Morgan fingerprint density at radius 1 is 1.07 bits per heavy atom. The van der Waals surface area contributed by atoms with Crippen molar-refractivity contribution >= 4 is 18.0 Å². The minimum Gasteiger partial charge on any atom is -0.480 e. The number of rotatable bonds is 6. The fraction of sp³-hybridized carbons (Fsp3) is 0.348. The predicted molar refractivity (Wildman–Crippen MR) is 111 cm³/mol. The summed E-state index contributed by atoms with van der Waals surface area (Å²) in [4.78, 5) is 38.7. The van der Waals surface area contributed by atoms with Gasteiger partial charge in [-0.1, -0.05) is 68.4 Å². The molecule has 2 aromatic rings. The smallest absolute Gasteiger partial charge is 0.411 e. The van der Waals surface area contributed by atoms with Crippen LogP contribution in [-0.2, 0) is 33.9 Å². The summed E-state index contributed by atoms with van der Waals surface area (Å²) in [6, 6.07) is 15.0. The first-order valence-corrected chi connectivity index (χ1v) is 9.94. The lowest BCUT2D eigenvalue weighted by atomic mass is 9.93.